The van der Waals surface area contributed by atoms with E-state index >= 15 is 0 Å². The second-order valence-electron chi connectivity index (χ2n) is 3.96. The third-order valence-corrected chi connectivity index (χ3v) is 3.91. The van der Waals surface area contributed by atoms with Gasteiger partial charge in [-0.25, -0.2) is 9.78 Å². The molecule has 1 heterocycles. The van der Waals surface area contributed by atoms with Gasteiger partial charge in [-0.15, -0.1) is 11.3 Å². The average Bonchev–Trinajstić information content (AvgIpc) is 2.84. The van der Waals surface area contributed by atoms with Crippen molar-refractivity contribution in [1.29, 1.82) is 0 Å². The van der Waals surface area contributed by atoms with E-state index in [4.69, 9.17) is 21.1 Å². The third-order valence-electron chi connectivity index (χ3n) is 2.53. The average molecular weight is 312 g/mol. The maximum Gasteiger partial charge on any atom is 0.350 e. The maximum atomic E-state index is 11.9. The van der Waals surface area contributed by atoms with E-state index in [1.165, 1.54) is 11.3 Å². The van der Waals surface area contributed by atoms with Crippen molar-refractivity contribution in [3.05, 3.63) is 39.9 Å². The summed E-state index contributed by atoms with van der Waals surface area (Å²) in [6.45, 7) is 2.38. The Morgan fingerprint density at radius 2 is 2.05 bits per heavy atom. The first-order valence-corrected chi connectivity index (χ1v) is 7.26. The van der Waals surface area contributed by atoms with Gasteiger partial charge in [0.1, 0.15) is 9.88 Å². The van der Waals surface area contributed by atoms with E-state index in [2.05, 4.69) is 4.98 Å². The summed E-state index contributed by atoms with van der Waals surface area (Å²) in [4.78, 5) is 16.8. The number of rotatable bonds is 5. The van der Waals surface area contributed by atoms with Crippen molar-refractivity contribution in [2.75, 3.05) is 13.7 Å². The highest BCUT2D eigenvalue weighted by Gasteiger charge is 2.19. The van der Waals surface area contributed by atoms with Crippen LogP contribution in [0.5, 0.6) is 0 Å². The standard InChI is InChI=1S/C14H14ClNO3S/c1-3-19-14(17)12-11(8-18-2)16-13(20-12)9-4-6-10(15)7-5-9/h4-7H,3,8H2,1-2H3. The molecule has 0 spiro atoms. The molecular weight excluding hydrogens is 298 g/mol. The highest BCUT2D eigenvalue weighted by atomic mass is 35.5. The first kappa shape index (κ1) is 15.0. The van der Waals surface area contributed by atoms with Gasteiger partial charge < -0.3 is 9.47 Å². The van der Waals surface area contributed by atoms with Gasteiger partial charge in [0.2, 0.25) is 0 Å². The number of carbonyl (C=O) groups excluding carboxylic acids is 1. The fraction of sp³-hybridized carbons (Fsp3) is 0.286. The van der Waals surface area contributed by atoms with Crippen LogP contribution in [0.25, 0.3) is 10.6 Å². The minimum absolute atomic E-state index is 0.276. The van der Waals surface area contributed by atoms with Crippen LogP contribution in [0.15, 0.2) is 24.3 Å². The SMILES string of the molecule is CCOC(=O)c1sc(-c2ccc(Cl)cc2)nc1COC. The minimum Gasteiger partial charge on any atom is -0.462 e. The van der Waals surface area contributed by atoms with Crippen molar-refractivity contribution in [3.63, 3.8) is 0 Å². The quantitative estimate of drug-likeness (QED) is 0.788. The van der Waals surface area contributed by atoms with E-state index in [0.717, 1.165) is 10.6 Å². The van der Waals surface area contributed by atoms with Crippen molar-refractivity contribution in [1.82, 2.24) is 4.98 Å². The number of ether oxygens (including phenoxy) is 2. The number of thiazole rings is 1. The molecule has 0 aliphatic heterocycles. The number of hydrogen-bond acceptors (Lipinski definition) is 5. The van der Waals surface area contributed by atoms with Gasteiger partial charge in [-0.3, -0.25) is 0 Å². The molecule has 6 heteroatoms. The lowest BCUT2D eigenvalue weighted by molar-refractivity contribution is 0.0527. The summed E-state index contributed by atoms with van der Waals surface area (Å²) in [5.41, 5.74) is 1.51. The fourth-order valence-electron chi connectivity index (χ4n) is 1.66. The van der Waals surface area contributed by atoms with E-state index in [0.29, 0.717) is 22.2 Å². The van der Waals surface area contributed by atoms with Gasteiger partial charge in [0, 0.05) is 17.7 Å². The van der Waals surface area contributed by atoms with E-state index in [1.54, 1.807) is 26.2 Å². The predicted molar refractivity (Wildman–Crippen MR) is 79.2 cm³/mol. The molecule has 2 aromatic rings. The van der Waals surface area contributed by atoms with Crippen molar-refractivity contribution in [2.24, 2.45) is 0 Å². The second-order valence-corrected chi connectivity index (χ2v) is 5.39. The topological polar surface area (TPSA) is 48.4 Å². The van der Waals surface area contributed by atoms with Crippen LogP contribution in [0.2, 0.25) is 5.02 Å². The first-order valence-electron chi connectivity index (χ1n) is 6.07. The molecule has 0 amide bonds. The van der Waals surface area contributed by atoms with Gasteiger partial charge in [-0.05, 0) is 19.1 Å². The highest BCUT2D eigenvalue weighted by Crippen LogP contribution is 2.30. The summed E-state index contributed by atoms with van der Waals surface area (Å²) in [6.07, 6.45) is 0. The smallest absolute Gasteiger partial charge is 0.350 e. The molecule has 0 saturated carbocycles. The Morgan fingerprint density at radius 1 is 1.35 bits per heavy atom. The molecule has 0 N–H and O–H groups in total. The summed E-state index contributed by atoms with van der Waals surface area (Å²) < 4.78 is 10.1. The van der Waals surface area contributed by atoms with Crippen LogP contribution in [0.4, 0.5) is 0 Å². The Labute approximate surface area is 126 Å². The molecule has 0 atom stereocenters. The van der Waals surface area contributed by atoms with E-state index in [1.807, 2.05) is 12.1 Å². The zero-order chi connectivity index (χ0) is 14.5. The second kappa shape index (κ2) is 6.83. The predicted octanol–water partition coefficient (Wildman–Crippen LogP) is 3.79. The van der Waals surface area contributed by atoms with Crippen LogP contribution < -0.4 is 0 Å². The Hall–Kier alpha value is -1.43. The number of benzene rings is 1. The highest BCUT2D eigenvalue weighted by molar-refractivity contribution is 7.17. The number of nitrogens with zero attached hydrogens (tertiary/aromatic N) is 1. The molecule has 0 radical (unpaired) electrons. The van der Waals surface area contributed by atoms with E-state index in [9.17, 15) is 4.79 Å². The molecule has 0 fully saturated rings. The minimum atomic E-state index is -0.364. The summed E-state index contributed by atoms with van der Waals surface area (Å²) in [5.74, 6) is -0.364. The van der Waals surface area contributed by atoms with E-state index < -0.39 is 0 Å². The van der Waals surface area contributed by atoms with Crippen LogP contribution in [0, 0.1) is 0 Å². The summed E-state index contributed by atoms with van der Waals surface area (Å²) in [5, 5.41) is 1.41. The summed E-state index contributed by atoms with van der Waals surface area (Å²) in [7, 11) is 1.57. The molecule has 0 bridgehead atoms. The molecule has 4 nitrogen and oxygen atoms in total. The summed E-state index contributed by atoms with van der Waals surface area (Å²) >= 11 is 7.16. The lowest BCUT2D eigenvalue weighted by atomic mass is 10.2. The van der Waals surface area contributed by atoms with Gasteiger partial charge in [0.15, 0.2) is 0 Å². The summed E-state index contributed by atoms with van der Waals surface area (Å²) in [6, 6.07) is 7.32. The Bertz CT molecular complexity index is 595. The molecule has 0 aliphatic rings. The van der Waals surface area contributed by atoms with Crippen LogP contribution in [0.1, 0.15) is 22.3 Å². The van der Waals surface area contributed by atoms with Crippen molar-refractivity contribution in [2.45, 2.75) is 13.5 Å². The molecule has 1 aromatic heterocycles. The first-order chi connectivity index (χ1) is 9.65. The monoisotopic (exact) mass is 311 g/mol. The largest absolute Gasteiger partial charge is 0.462 e. The van der Waals surface area contributed by atoms with Gasteiger partial charge in [0.25, 0.3) is 0 Å². The molecule has 0 aliphatic carbocycles. The number of esters is 1. The number of aromatic nitrogens is 1. The molecule has 1 aromatic carbocycles. The van der Waals surface area contributed by atoms with Gasteiger partial charge >= 0.3 is 5.97 Å². The molecule has 0 unspecified atom stereocenters. The third kappa shape index (κ3) is 3.36. The van der Waals surface area contributed by atoms with Crippen LogP contribution in [0.3, 0.4) is 0 Å². The van der Waals surface area contributed by atoms with Gasteiger partial charge in [-0.2, -0.15) is 0 Å². The lowest BCUT2D eigenvalue weighted by Gasteiger charge is -2.00. The Kier molecular flexibility index (Phi) is 5.11. The normalized spacial score (nSPS) is 10.6. The zero-order valence-corrected chi connectivity index (χ0v) is 12.8. The lowest BCUT2D eigenvalue weighted by Crippen LogP contribution is -2.06. The van der Waals surface area contributed by atoms with Crippen molar-refractivity contribution < 1.29 is 14.3 Å². The van der Waals surface area contributed by atoms with Gasteiger partial charge in [-0.1, -0.05) is 23.7 Å². The molecule has 2 rings (SSSR count). The zero-order valence-electron chi connectivity index (χ0n) is 11.2. The molecular formula is C14H14ClNO3S. The fourth-order valence-corrected chi connectivity index (χ4v) is 2.75. The number of methoxy groups -OCH3 is 1. The molecule has 0 saturated heterocycles. The van der Waals surface area contributed by atoms with Crippen LogP contribution in [-0.4, -0.2) is 24.7 Å². The Balaban J connectivity index is 2.37. The number of halogens is 1. The van der Waals surface area contributed by atoms with Crippen molar-refractivity contribution >= 4 is 28.9 Å². The molecule has 106 valence electrons. The van der Waals surface area contributed by atoms with Crippen molar-refractivity contribution in [3.8, 4) is 10.6 Å². The molecule has 20 heavy (non-hydrogen) atoms. The Morgan fingerprint density at radius 3 is 2.65 bits per heavy atom. The number of carbonyl (C=O) groups is 1. The van der Waals surface area contributed by atoms with Gasteiger partial charge in [0.05, 0.1) is 18.9 Å². The van der Waals surface area contributed by atoms with E-state index in [-0.39, 0.29) is 12.6 Å². The number of hydrogen-bond donors (Lipinski definition) is 0. The maximum absolute atomic E-state index is 11.9. The van der Waals surface area contributed by atoms with Crippen LogP contribution >= 0.6 is 22.9 Å². The van der Waals surface area contributed by atoms with Crippen LogP contribution in [-0.2, 0) is 16.1 Å².